The molecular weight excluding hydrogens is 691 g/mol. The smallest absolute Gasteiger partial charge is 0.179 e. The van der Waals surface area contributed by atoms with Crippen LogP contribution in [0, 0.1) is 0 Å². The van der Waals surface area contributed by atoms with Crippen molar-refractivity contribution in [1.29, 1.82) is 0 Å². The number of benzene rings is 9. The Kier molecular flexibility index (Phi) is 8.59. The fraction of sp³-hybridized carbons (Fsp3) is 0. The van der Waals surface area contributed by atoms with E-state index >= 15 is 0 Å². The van der Waals surface area contributed by atoms with E-state index < -0.39 is 8.07 Å². The van der Waals surface area contributed by atoms with Crippen LogP contribution >= 0.6 is 0 Å². The first-order valence-corrected chi connectivity index (χ1v) is 21.3. The molecule has 0 bridgehead atoms. The second-order valence-corrected chi connectivity index (χ2v) is 18.3. The Labute approximate surface area is 329 Å². The first kappa shape index (κ1) is 33.6. The molecule has 0 N–H and O–H groups in total. The third kappa shape index (κ3) is 5.79. The third-order valence-electron chi connectivity index (χ3n) is 11.3. The highest BCUT2D eigenvalue weighted by molar-refractivity contribution is 7.19. The van der Waals surface area contributed by atoms with Crippen molar-refractivity contribution >= 4 is 50.6 Å². The van der Waals surface area contributed by atoms with Gasteiger partial charge in [-0.05, 0) is 90.5 Å². The standard InChI is InChI=1S/C54H39NSi/c1-6-18-40(19-7-1)44-32-34-53-51(38-44)52-39-45(41-20-8-2-9-21-41)33-35-54(52)55(53)46-24-16-22-42(36-46)43-23-17-31-50(37-43)56(47-25-10-3-11-26-47,48-27-12-4-13-28-48)49-29-14-5-15-30-49/h1-39H. The zero-order valence-corrected chi connectivity index (χ0v) is 32.0. The van der Waals surface area contributed by atoms with E-state index in [1.807, 2.05) is 0 Å². The molecule has 0 aliphatic carbocycles. The molecule has 0 spiro atoms. The Morgan fingerprint density at radius 3 is 1.07 bits per heavy atom. The van der Waals surface area contributed by atoms with Crippen LogP contribution in [0.3, 0.4) is 0 Å². The average molecular weight is 730 g/mol. The number of hydrogen-bond donors (Lipinski definition) is 0. The van der Waals surface area contributed by atoms with Gasteiger partial charge in [-0.2, -0.15) is 0 Å². The summed E-state index contributed by atoms with van der Waals surface area (Å²) in [5, 5.41) is 7.98. The molecule has 0 atom stereocenters. The molecule has 0 fully saturated rings. The summed E-state index contributed by atoms with van der Waals surface area (Å²) in [5.74, 6) is 0. The number of rotatable bonds is 8. The number of nitrogens with zero attached hydrogens (tertiary/aromatic N) is 1. The summed E-state index contributed by atoms with van der Waals surface area (Å²) in [6.07, 6.45) is 0. The second-order valence-electron chi connectivity index (χ2n) is 14.5. The molecule has 0 aliphatic heterocycles. The van der Waals surface area contributed by atoms with E-state index in [1.54, 1.807) is 0 Å². The quantitative estimate of drug-likeness (QED) is 0.108. The second kappa shape index (κ2) is 14.3. The van der Waals surface area contributed by atoms with Crippen LogP contribution in [0.25, 0.3) is 60.9 Å². The van der Waals surface area contributed by atoms with Crippen molar-refractivity contribution in [2.75, 3.05) is 0 Å². The minimum Gasteiger partial charge on any atom is -0.309 e. The van der Waals surface area contributed by atoms with Gasteiger partial charge >= 0.3 is 0 Å². The highest BCUT2D eigenvalue weighted by Gasteiger charge is 2.41. The van der Waals surface area contributed by atoms with Crippen molar-refractivity contribution < 1.29 is 0 Å². The molecule has 1 aromatic heterocycles. The lowest BCUT2D eigenvalue weighted by Crippen LogP contribution is -2.74. The van der Waals surface area contributed by atoms with Gasteiger partial charge in [0.1, 0.15) is 0 Å². The maximum atomic E-state index is 2.46. The zero-order chi connectivity index (χ0) is 37.3. The van der Waals surface area contributed by atoms with Crippen molar-refractivity contribution in [2.24, 2.45) is 0 Å². The van der Waals surface area contributed by atoms with Crippen LogP contribution < -0.4 is 20.7 Å². The molecule has 1 heterocycles. The molecule has 10 rings (SSSR count). The van der Waals surface area contributed by atoms with Crippen LogP contribution in [0.15, 0.2) is 237 Å². The van der Waals surface area contributed by atoms with E-state index in [9.17, 15) is 0 Å². The highest BCUT2D eigenvalue weighted by Crippen LogP contribution is 2.38. The fourth-order valence-electron chi connectivity index (χ4n) is 8.74. The SMILES string of the molecule is c1ccc(-c2ccc3c(c2)c2cc(-c4ccccc4)ccc2n3-c2cccc(-c3cccc([Si](c4ccccc4)(c4ccccc4)c4ccccc4)c3)c2)cc1. The van der Waals surface area contributed by atoms with Crippen molar-refractivity contribution in [3.63, 3.8) is 0 Å². The van der Waals surface area contributed by atoms with Crippen LogP contribution in [0.2, 0.25) is 0 Å². The Balaban J connectivity index is 1.16. The normalized spacial score (nSPS) is 11.6. The topological polar surface area (TPSA) is 4.93 Å². The van der Waals surface area contributed by atoms with Gasteiger partial charge in [0.25, 0.3) is 0 Å². The van der Waals surface area contributed by atoms with E-state index in [1.165, 1.54) is 75.9 Å². The van der Waals surface area contributed by atoms with Gasteiger partial charge in [-0.15, -0.1) is 0 Å². The first-order chi connectivity index (χ1) is 27.8. The Bertz CT molecular complexity index is 2740. The Hall–Kier alpha value is -7.00. The maximum Gasteiger partial charge on any atom is 0.179 e. The number of aromatic nitrogens is 1. The van der Waals surface area contributed by atoms with Crippen molar-refractivity contribution in [2.45, 2.75) is 0 Å². The maximum absolute atomic E-state index is 2.68. The van der Waals surface area contributed by atoms with Gasteiger partial charge in [-0.25, -0.2) is 0 Å². The molecule has 0 saturated carbocycles. The van der Waals surface area contributed by atoms with E-state index in [2.05, 4.69) is 241 Å². The lowest BCUT2D eigenvalue weighted by Gasteiger charge is -2.34. The molecule has 10 aromatic rings. The van der Waals surface area contributed by atoms with Crippen LogP contribution in [0.4, 0.5) is 0 Å². The molecule has 264 valence electrons. The summed E-state index contributed by atoms with van der Waals surface area (Å²) >= 11 is 0. The van der Waals surface area contributed by atoms with Crippen LogP contribution in [0.5, 0.6) is 0 Å². The molecule has 56 heavy (non-hydrogen) atoms. The van der Waals surface area contributed by atoms with E-state index in [0.29, 0.717) is 0 Å². The molecule has 0 radical (unpaired) electrons. The summed E-state index contributed by atoms with van der Waals surface area (Å²) in [5.41, 5.74) is 10.8. The summed E-state index contributed by atoms with van der Waals surface area (Å²) < 4.78 is 2.44. The van der Waals surface area contributed by atoms with Crippen LogP contribution in [-0.4, -0.2) is 12.6 Å². The summed E-state index contributed by atoms with van der Waals surface area (Å²) in [6, 6.07) is 87.1. The molecular formula is C54H39NSi. The van der Waals surface area contributed by atoms with Gasteiger partial charge < -0.3 is 4.57 Å². The van der Waals surface area contributed by atoms with Crippen molar-refractivity contribution in [3.05, 3.63) is 237 Å². The number of hydrogen-bond acceptors (Lipinski definition) is 0. The minimum atomic E-state index is -2.68. The molecule has 9 aromatic carbocycles. The number of fused-ring (bicyclic) bond motifs is 3. The third-order valence-corrected chi connectivity index (χ3v) is 16.1. The molecule has 0 saturated heterocycles. The minimum absolute atomic E-state index is 1.14. The molecule has 0 amide bonds. The van der Waals surface area contributed by atoms with Gasteiger partial charge in [-0.3, -0.25) is 0 Å². The zero-order valence-electron chi connectivity index (χ0n) is 31.0. The van der Waals surface area contributed by atoms with E-state index in [4.69, 9.17) is 0 Å². The van der Waals surface area contributed by atoms with Gasteiger partial charge in [0.2, 0.25) is 0 Å². The van der Waals surface area contributed by atoms with Crippen LogP contribution in [-0.2, 0) is 0 Å². The van der Waals surface area contributed by atoms with Gasteiger partial charge in [0, 0.05) is 16.5 Å². The summed E-state index contributed by atoms with van der Waals surface area (Å²) in [4.78, 5) is 0. The van der Waals surface area contributed by atoms with Gasteiger partial charge in [-0.1, -0.05) is 200 Å². The van der Waals surface area contributed by atoms with Crippen molar-refractivity contribution in [3.8, 4) is 39.1 Å². The predicted octanol–water partition coefficient (Wildman–Crippen LogP) is 11.2. The Morgan fingerprint density at radius 2 is 0.607 bits per heavy atom. The van der Waals surface area contributed by atoms with E-state index in [0.717, 1.165) is 5.69 Å². The lowest BCUT2D eigenvalue weighted by atomic mass is 10.0. The van der Waals surface area contributed by atoms with E-state index in [-0.39, 0.29) is 0 Å². The van der Waals surface area contributed by atoms with Gasteiger partial charge in [0.15, 0.2) is 8.07 Å². The predicted molar refractivity (Wildman–Crippen MR) is 241 cm³/mol. The first-order valence-electron chi connectivity index (χ1n) is 19.3. The summed E-state index contributed by atoms with van der Waals surface area (Å²) in [7, 11) is -2.68. The van der Waals surface area contributed by atoms with Gasteiger partial charge in [0.05, 0.1) is 11.0 Å². The largest absolute Gasteiger partial charge is 0.309 e. The van der Waals surface area contributed by atoms with Crippen molar-refractivity contribution in [1.82, 2.24) is 4.57 Å². The molecule has 2 heteroatoms. The van der Waals surface area contributed by atoms with Crippen LogP contribution in [0.1, 0.15) is 0 Å². The fourth-order valence-corrected chi connectivity index (χ4v) is 13.5. The molecule has 0 unspecified atom stereocenters. The highest BCUT2D eigenvalue weighted by atomic mass is 28.3. The summed E-state index contributed by atoms with van der Waals surface area (Å²) in [6.45, 7) is 0. The molecule has 1 nitrogen and oxygen atoms in total. The average Bonchev–Trinajstić information content (AvgIpc) is 3.62. The Morgan fingerprint density at radius 1 is 0.250 bits per heavy atom. The molecule has 0 aliphatic rings. The lowest BCUT2D eigenvalue weighted by molar-refractivity contribution is 1.18. The monoisotopic (exact) mass is 729 g/mol.